The van der Waals surface area contributed by atoms with Crippen LogP contribution in [0.5, 0.6) is 0 Å². The Kier molecular flexibility index (Phi) is 3.73. The number of nitrogens with zero attached hydrogens (tertiary/aromatic N) is 4. The number of benzene rings is 2. The van der Waals surface area contributed by atoms with Gasteiger partial charge in [0, 0.05) is 23.1 Å². The molecule has 5 aromatic rings. The zero-order valence-electron chi connectivity index (χ0n) is 14.8. The van der Waals surface area contributed by atoms with Crippen LogP contribution in [-0.2, 0) is 6.54 Å². The number of nitrogens with two attached hydrogens (primary N) is 1. The topological polar surface area (TPSA) is 102 Å². The minimum absolute atomic E-state index is 0.235. The van der Waals surface area contributed by atoms with Gasteiger partial charge in [0.05, 0.1) is 28.7 Å². The summed E-state index contributed by atoms with van der Waals surface area (Å²) in [6.45, 7) is 0.236. The molecule has 3 N–H and O–H groups in total. The van der Waals surface area contributed by atoms with E-state index in [-0.39, 0.29) is 12.1 Å². The number of imidazole rings is 1. The number of fused-ring (bicyclic) bond motifs is 2. The third kappa shape index (κ3) is 2.57. The Labute approximate surface area is 159 Å². The summed E-state index contributed by atoms with van der Waals surface area (Å²) in [4.78, 5) is 16.5. The van der Waals surface area contributed by atoms with Crippen molar-refractivity contribution in [1.82, 2.24) is 24.8 Å². The van der Waals surface area contributed by atoms with E-state index >= 15 is 0 Å². The molecule has 7 nitrogen and oxygen atoms in total. The zero-order valence-corrected chi connectivity index (χ0v) is 14.8. The SMILES string of the molecule is NCc1n[nH]c(=O)c2ccc(-c3cnc4ccc(-c5ccccc5)nn34)cc12. The summed E-state index contributed by atoms with van der Waals surface area (Å²) in [5.74, 6) is 0. The number of H-pyrrole nitrogens is 1. The van der Waals surface area contributed by atoms with Gasteiger partial charge in [-0.05, 0) is 24.3 Å². The third-order valence-corrected chi connectivity index (χ3v) is 4.79. The molecule has 0 aliphatic heterocycles. The first-order chi connectivity index (χ1) is 13.7. The molecule has 0 bridgehead atoms. The second-order valence-corrected chi connectivity index (χ2v) is 6.46. The predicted octanol–water partition coefficient (Wildman–Crippen LogP) is 2.76. The largest absolute Gasteiger partial charge is 0.325 e. The molecule has 0 atom stereocenters. The van der Waals surface area contributed by atoms with Gasteiger partial charge in [-0.3, -0.25) is 4.79 Å². The first-order valence-corrected chi connectivity index (χ1v) is 8.86. The Hall–Kier alpha value is -3.84. The molecule has 0 spiro atoms. The van der Waals surface area contributed by atoms with Crippen molar-refractivity contribution >= 4 is 16.4 Å². The van der Waals surface area contributed by atoms with Crippen LogP contribution in [0.2, 0.25) is 0 Å². The van der Waals surface area contributed by atoms with Gasteiger partial charge in [0.2, 0.25) is 0 Å². The number of hydrogen-bond donors (Lipinski definition) is 2. The molecule has 0 saturated carbocycles. The van der Waals surface area contributed by atoms with Gasteiger partial charge in [-0.15, -0.1) is 0 Å². The third-order valence-electron chi connectivity index (χ3n) is 4.79. The van der Waals surface area contributed by atoms with Gasteiger partial charge in [0.25, 0.3) is 5.56 Å². The van der Waals surface area contributed by atoms with Crippen molar-refractivity contribution in [2.75, 3.05) is 0 Å². The summed E-state index contributed by atoms with van der Waals surface area (Å²) in [5, 5.41) is 12.6. The van der Waals surface area contributed by atoms with E-state index in [1.54, 1.807) is 12.3 Å². The van der Waals surface area contributed by atoms with Gasteiger partial charge >= 0.3 is 0 Å². The van der Waals surface area contributed by atoms with E-state index in [0.29, 0.717) is 11.1 Å². The predicted molar refractivity (Wildman–Crippen MR) is 108 cm³/mol. The highest BCUT2D eigenvalue weighted by molar-refractivity contribution is 5.88. The van der Waals surface area contributed by atoms with Crippen molar-refractivity contribution in [1.29, 1.82) is 0 Å². The average Bonchev–Trinajstić information content (AvgIpc) is 3.18. The molecule has 136 valence electrons. The molecule has 0 amide bonds. The quantitative estimate of drug-likeness (QED) is 0.510. The lowest BCUT2D eigenvalue weighted by Crippen LogP contribution is -2.13. The van der Waals surface area contributed by atoms with E-state index in [1.165, 1.54) is 0 Å². The molecule has 0 aliphatic rings. The van der Waals surface area contributed by atoms with Crippen LogP contribution in [0.4, 0.5) is 0 Å². The van der Waals surface area contributed by atoms with E-state index < -0.39 is 0 Å². The van der Waals surface area contributed by atoms with Crippen molar-refractivity contribution in [3.8, 4) is 22.5 Å². The van der Waals surface area contributed by atoms with Gasteiger partial charge in [-0.25, -0.2) is 14.6 Å². The molecule has 0 unspecified atom stereocenters. The van der Waals surface area contributed by atoms with Gasteiger partial charge in [0.1, 0.15) is 0 Å². The van der Waals surface area contributed by atoms with E-state index in [9.17, 15) is 4.79 Å². The summed E-state index contributed by atoms with van der Waals surface area (Å²) in [5.41, 5.74) is 10.6. The van der Waals surface area contributed by atoms with Crippen LogP contribution in [0.15, 0.2) is 71.7 Å². The van der Waals surface area contributed by atoms with Crippen LogP contribution in [0.25, 0.3) is 38.9 Å². The highest BCUT2D eigenvalue weighted by atomic mass is 16.1. The maximum atomic E-state index is 12.1. The second-order valence-electron chi connectivity index (χ2n) is 6.46. The number of aromatic amines is 1. The van der Waals surface area contributed by atoms with Crippen LogP contribution in [0.1, 0.15) is 5.69 Å². The van der Waals surface area contributed by atoms with Crippen LogP contribution in [0.3, 0.4) is 0 Å². The minimum Gasteiger partial charge on any atom is -0.325 e. The van der Waals surface area contributed by atoms with Gasteiger partial charge in [-0.2, -0.15) is 10.2 Å². The summed E-state index contributed by atoms with van der Waals surface area (Å²) >= 11 is 0. The maximum Gasteiger partial charge on any atom is 0.272 e. The number of rotatable bonds is 3. The molecule has 2 aromatic carbocycles. The summed E-state index contributed by atoms with van der Waals surface area (Å²) in [6.07, 6.45) is 1.78. The van der Waals surface area contributed by atoms with Crippen molar-refractivity contribution in [3.63, 3.8) is 0 Å². The number of nitrogens with one attached hydrogen (secondary N) is 1. The first-order valence-electron chi connectivity index (χ1n) is 8.86. The molecular formula is C21H16N6O. The molecule has 3 heterocycles. The maximum absolute atomic E-state index is 12.1. The average molecular weight is 368 g/mol. The molecule has 0 fully saturated rings. The van der Waals surface area contributed by atoms with Crippen molar-refractivity contribution in [2.24, 2.45) is 5.73 Å². The van der Waals surface area contributed by atoms with Crippen LogP contribution < -0.4 is 11.3 Å². The summed E-state index contributed by atoms with van der Waals surface area (Å²) in [6, 6.07) is 19.5. The van der Waals surface area contributed by atoms with Gasteiger partial charge in [0.15, 0.2) is 5.65 Å². The molecule has 7 heteroatoms. The van der Waals surface area contributed by atoms with E-state index in [2.05, 4.69) is 15.2 Å². The Morgan fingerprint density at radius 1 is 0.964 bits per heavy atom. The lowest BCUT2D eigenvalue weighted by atomic mass is 10.1. The monoisotopic (exact) mass is 368 g/mol. The van der Waals surface area contributed by atoms with Gasteiger partial charge < -0.3 is 5.73 Å². The highest BCUT2D eigenvalue weighted by Crippen LogP contribution is 2.26. The lowest BCUT2D eigenvalue weighted by molar-refractivity contribution is 0.900. The number of aromatic nitrogens is 5. The fourth-order valence-corrected chi connectivity index (χ4v) is 3.37. The minimum atomic E-state index is -0.235. The standard InChI is InChI=1S/C21H16N6O/c22-11-18-16-10-14(6-7-15(16)21(28)25-24-18)19-12-23-20-9-8-17(26-27(19)20)13-4-2-1-3-5-13/h1-10,12H,11,22H2,(H,25,28). The van der Waals surface area contributed by atoms with Crippen molar-refractivity contribution in [2.45, 2.75) is 6.54 Å². The Bertz CT molecular complexity index is 1370. The number of hydrogen-bond acceptors (Lipinski definition) is 5. The second kappa shape index (κ2) is 6.40. The molecule has 5 rings (SSSR count). The van der Waals surface area contributed by atoms with Crippen molar-refractivity contribution < 1.29 is 0 Å². The summed E-state index contributed by atoms with van der Waals surface area (Å²) < 4.78 is 1.81. The fourth-order valence-electron chi connectivity index (χ4n) is 3.37. The van der Waals surface area contributed by atoms with Crippen LogP contribution in [0, 0.1) is 0 Å². The molecule has 3 aromatic heterocycles. The molecular weight excluding hydrogens is 352 g/mol. The fraction of sp³-hybridized carbons (Fsp3) is 0.0476. The molecule has 28 heavy (non-hydrogen) atoms. The Balaban J connectivity index is 1.72. The van der Waals surface area contributed by atoms with Gasteiger partial charge in [-0.1, -0.05) is 36.4 Å². The smallest absolute Gasteiger partial charge is 0.272 e. The van der Waals surface area contributed by atoms with Crippen LogP contribution >= 0.6 is 0 Å². The zero-order chi connectivity index (χ0) is 19.1. The first kappa shape index (κ1) is 16.3. The Morgan fingerprint density at radius 2 is 1.82 bits per heavy atom. The lowest BCUT2D eigenvalue weighted by Gasteiger charge is -2.07. The van der Waals surface area contributed by atoms with E-state index in [1.807, 2.05) is 59.1 Å². The van der Waals surface area contributed by atoms with E-state index in [0.717, 1.165) is 33.5 Å². The highest BCUT2D eigenvalue weighted by Gasteiger charge is 2.12. The molecule has 0 radical (unpaired) electrons. The van der Waals surface area contributed by atoms with Crippen molar-refractivity contribution in [3.05, 3.63) is 82.9 Å². The summed E-state index contributed by atoms with van der Waals surface area (Å²) in [7, 11) is 0. The molecule has 0 saturated heterocycles. The van der Waals surface area contributed by atoms with E-state index in [4.69, 9.17) is 10.8 Å². The Morgan fingerprint density at radius 3 is 2.64 bits per heavy atom. The normalized spacial score (nSPS) is 11.3. The molecule has 0 aliphatic carbocycles. The van der Waals surface area contributed by atoms with Crippen LogP contribution in [-0.4, -0.2) is 24.8 Å².